The normalized spacial score (nSPS) is 10.4. The van der Waals surface area contributed by atoms with Crippen LogP contribution >= 0.6 is 11.3 Å². The van der Waals surface area contributed by atoms with Gasteiger partial charge in [0.1, 0.15) is 16.5 Å². The lowest BCUT2D eigenvalue weighted by Gasteiger charge is -2.05. The lowest BCUT2D eigenvalue weighted by atomic mass is 10.1. The van der Waals surface area contributed by atoms with E-state index in [-0.39, 0.29) is 5.91 Å². The molecular formula is C18H17N3O2S. The van der Waals surface area contributed by atoms with Crippen LogP contribution in [-0.2, 0) is 6.42 Å². The molecule has 0 bridgehead atoms. The minimum atomic E-state index is -0.158. The largest absolute Gasteiger partial charge is 0.497 e. The molecule has 2 heterocycles. The van der Waals surface area contributed by atoms with E-state index < -0.39 is 0 Å². The molecule has 1 amide bonds. The van der Waals surface area contributed by atoms with E-state index in [1.165, 1.54) is 11.3 Å². The van der Waals surface area contributed by atoms with Crippen LogP contribution in [0.4, 0.5) is 0 Å². The predicted octanol–water partition coefficient (Wildman–Crippen LogP) is 3.19. The van der Waals surface area contributed by atoms with Crippen molar-refractivity contribution in [2.24, 2.45) is 0 Å². The Morgan fingerprint density at radius 1 is 1.25 bits per heavy atom. The van der Waals surface area contributed by atoms with E-state index in [4.69, 9.17) is 4.74 Å². The highest BCUT2D eigenvalue weighted by atomic mass is 32.1. The summed E-state index contributed by atoms with van der Waals surface area (Å²) in [6.07, 6.45) is 4.17. The number of carbonyl (C=O) groups excluding carboxylic acids is 1. The van der Waals surface area contributed by atoms with E-state index in [1.807, 2.05) is 36.4 Å². The van der Waals surface area contributed by atoms with Gasteiger partial charge in [-0.05, 0) is 36.2 Å². The second kappa shape index (κ2) is 7.70. The second-order valence-electron chi connectivity index (χ2n) is 5.13. The first-order valence-corrected chi connectivity index (χ1v) is 8.41. The fraction of sp³-hybridized carbons (Fsp3) is 0.167. The van der Waals surface area contributed by atoms with Crippen LogP contribution in [-0.4, -0.2) is 29.5 Å². The number of ether oxygens (including phenoxy) is 1. The van der Waals surface area contributed by atoms with Gasteiger partial charge in [-0.25, -0.2) is 4.98 Å². The molecule has 0 saturated heterocycles. The van der Waals surface area contributed by atoms with Gasteiger partial charge in [-0.3, -0.25) is 9.78 Å². The molecule has 1 N–H and O–H groups in total. The summed E-state index contributed by atoms with van der Waals surface area (Å²) in [7, 11) is 1.64. The number of nitrogens with zero attached hydrogens (tertiary/aromatic N) is 2. The Balaban J connectivity index is 1.56. The molecule has 0 aliphatic heterocycles. The predicted molar refractivity (Wildman–Crippen MR) is 94.4 cm³/mol. The minimum Gasteiger partial charge on any atom is -0.497 e. The molecule has 3 rings (SSSR count). The number of thiazole rings is 1. The summed E-state index contributed by atoms with van der Waals surface area (Å²) in [5, 5.41) is 5.49. The molecule has 0 radical (unpaired) electrons. The lowest BCUT2D eigenvalue weighted by Crippen LogP contribution is -2.25. The molecule has 3 aromatic rings. The molecule has 1 aromatic carbocycles. The van der Waals surface area contributed by atoms with Crippen LogP contribution in [0.2, 0.25) is 0 Å². The fourth-order valence-corrected chi connectivity index (χ4v) is 3.05. The molecule has 122 valence electrons. The van der Waals surface area contributed by atoms with E-state index in [9.17, 15) is 4.79 Å². The third-order valence-corrected chi connectivity index (χ3v) is 4.39. The van der Waals surface area contributed by atoms with Gasteiger partial charge in [0.2, 0.25) is 0 Å². The van der Waals surface area contributed by atoms with Gasteiger partial charge in [-0.15, -0.1) is 11.3 Å². The van der Waals surface area contributed by atoms with Crippen molar-refractivity contribution in [3.63, 3.8) is 0 Å². The Morgan fingerprint density at radius 2 is 2.08 bits per heavy atom. The maximum atomic E-state index is 12.2. The number of pyridine rings is 1. The zero-order valence-electron chi connectivity index (χ0n) is 13.2. The molecule has 0 spiro atoms. The maximum absolute atomic E-state index is 12.2. The molecule has 0 aliphatic rings. The Kier molecular flexibility index (Phi) is 5.18. The summed E-state index contributed by atoms with van der Waals surface area (Å²) in [4.78, 5) is 20.6. The molecule has 0 fully saturated rings. The van der Waals surface area contributed by atoms with Crippen LogP contribution < -0.4 is 10.1 Å². The maximum Gasteiger partial charge on any atom is 0.270 e. The number of rotatable bonds is 6. The summed E-state index contributed by atoms with van der Waals surface area (Å²) >= 11 is 1.45. The number of hydrogen-bond acceptors (Lipinski definition) is 5. The molecule has 2 aromatic heterocycles. The average molecular weight is 339 g/mol. The minimum absolute atomic E-state index is 0.158. The molecular weight excluding hydrogens is 322 g/mol. The Hall–Kier alpha value is -2.73. The van der Waals surface area contributed by atoms with Gasteiger partial charge in [0.15, 0.2) is 0 Å². The summed E-state index contributed by atoms with van der Waals surface area (Å²) in [6, 6.07) is 11.6. The number of hydrogen-bond donors (Lipinski definition) is 1. The highest BCUT2D eigenvalue weighted by Gasteiger charge is 2.11. The summed E-state index contributed by atoms with van der Waals surface area (Å²) in [5.41, 5.74) is 2.52. The van der Waals surface area contributed by atoms with Gasteiger partial charge in [-0.1, -0.05) is 12.1 Å². The van der Waals surface area contributed by atoms with Gasteiger partial charge < -0.3 is 10.1 Å². The Labute approximate surface area is 144 Å². The zero-order valence-corrected chi connectivity index (χ0v) is 14.0. The van der Waals surface area contributed by atoms with Gasteiger partial charge in [0.25, 0.3) is 5.91 Å². The topological polar surface area (TPSA) is 64.1 Å². The van der Waals surface area contributed by atoms with Crippen molar-refractivity contribution in [3.8, 4) is 16.3 Å². The quantitative estimate of drug-likeness (QED) is 0.749. The van der Waals surface area contributed by atoms with E-state index in [1.54, 1.807) is 24.9 Å². The number of nitrogens with one attached hydrogen (secondary N) is 1. The Bertz CT molecular complexity index is 818. The van der Waals surface area contributed by atoms with Crippen molar-refractivity contribution in [1.29, 1.82) is 0 Å². The van der Waals surface area contributed by atoms with Crippen molar-refractivity contribution < 1.29 is 9.53 Å². The molecule has 0 aliphatic carbocycles. The van der Waals surface area contributed by atoms with Crippen LogP contribution in [0.5, 0.6) is 5.75 Å². The third-order valence-electron chi connectivity index (χ3n) is 3.50. The van der Waals surface area contributed by atoms with Crippen molar-refractivity contribution >= 4 is 17.2 Å². The van der Waals surface area contributed by atoms with Gasteiger partial charge in [0, 0.05) is 29.9 Å². The van der Waals surface area contributed by atoms with Gasteiger partial charge in [-0.2, -0.15) is 0 Å². The average Bonchev–Trinajstić information content (AvgIpc) is 3.13. The zero-order chi connectivity index (χ0) is 16.8. The van der Waals surface area contributed by atoms with Crippen LogP contribution in [0.25, 0.3) is 10.6 Å². The summed E-state index contributed by atoms with van der Waals surface area (Å²) in [6.45, 7) is 0.550. The molecule has 0 saturated carbocycles. The number of methoxy groups -OCH3 is 1. The first kappa shape index (κ1) is 16.1. The summed E-state index contributed by atoms with van der Waals surface area (Å²) < 4.78 is 5.20. The second-order valence-corrected chi connectivity index (χ2v) is 5.99. The first-order chi connectivity index (χ1) is 11.8. The van der Waals surface area contributed by atoms with Gasteiger partial charge >= 0.3 is 0 Å². The van der Waals surface area contributed by atoms with Crippen LogP contribution in [0.3, 0.4) is 0 Å². The molecule has 0 unspecified atom stereocenters. The highest BCUT2D eigenvalue weighted by Crippen LogP contribution is 2.22. The van der Waals surface area contributed by atoms with Crippen molar-refractivity contribution in [2.75, 3.05) is 13.7 Å². The van der Waals surface area contributed by atoms with Crippen LogP contribution in [0.1, 0.15) is 16.1 Å². The van der Waals surface area contributed by atoms with Crippen molar-refractivity contribution in [3.05, 3.63) is 65.4 Å². The highest BCUT2D eigenvalue weighted by molar-refractivity contribution is 7.13. The number of amides is 1. The smallest absolute Gasteiger partial charge is 0.270 e. The molecule has 6 heteroatoms. The van der Waals surface area contributed by atoms with E-state index >= 15 is 0 Å². The molecule has 0 atom stereocenters. The number of aromatic nitrogens is 2. The van der Waals surface area contributed by atoms with E-state index in [0.29, 0.717) is 12.2 Å². The van der Waals surface area contributed by atoms with Gasteiger partial charge in [0.05, 0.1) is 7.11 Å². The summed E-state index contributed by atoms with van der Waals surface area (Å²) in [5.74, 6) is 0.662. The number of benzene rings is 1. The third kappa shape index (κ3) is 3.97. The van der Waals surface area contributed by atoms with Crippen LogP contribution in [0.15, 0.2) is 54.2 Å². The number of carbonyl (C=O) groups is 1. The van der Waals surface area contributed by atoms with E-state index in [2.05, 4.69) is 15.3 Å². The van der Waals surface area contributed by atoms with Crippen molar-refractivity contribution in [2.45, 2.75) is 6.42 Å². The first-order valence-electron chi connectivity index (χ1n) is 7.53. The fourth-order valence-electron chi connectivity index (χ4n) is 2.24. The molecule has 5 nitrogen and oxygen atoms in total. The SMILES string of the molecule is COc1cccc(CCNC(=O)c2csc(-c3ccncc3)n2)c1. The monoisotopic (exact) mass is 339 g/mol. The standard InChI is InChI=1S/C18H17N3O2S/c1-23-15-4-2-3-13(11-15)5-10-20-17(22)16-12-24-18(21-16)14-6-8-19-9-7-14/h2-4,6-9,11-12H,5,10H2,1H3,(H,20,22). The molecule has 24 heavy (non-hydrogen) atoms. The van der Waals surface area contributed by atoms with E-state index in [0.717, 1.165) is 28.3 Å². The van der Waals surface area contributed by atoms with Crippen LogP contribution in [0, 0.1) is 0 Å². The lowest BCUT2D eigenvalue weighted by molar-refractivity contribution is 0.0950. The Morgan fingerprint density at radius 3 is 2.88 bits per heavy atom. The van der Waals surface area contributed by atoms with Crippen molar-refractivity contribution in [1.82, 2.24) is 15.3 Å².